The molecule has 210 valence electrons. The minimum absolute atomic E-state index is 0.0316. The third kappa shape index (κ3) is 4.09. The van der Waals surface area contributed by atoms with Gasteiger partial charge in [-0.3, -0.25) is 0 Å². The van der Waals surface area contributed by atoms with Gasteiger partial charge in [0.25, 0.3) is 0 Å². The van der Waals surface area contributed by atoms with Gasteiger partial charge in [-0.1, -0.05) is 145 Å². The first-order valence-electron chi connectivity index (χ1n) is 22.6. The first-order chi connectivity index (χ1) is 29.4. The van der Waals surface area contributed by atoms with Crippen LogP contribution in [0.15, 0.2) is 174 Å². The molecule has 8 aromatic carbocycles. The minimum Gasteiger partial charge on any atom is -0.456 e. The van der Waals surface area contributed by atoms with Crippen molar-refractivity contribution < 1.29 is 27.7 Å². The Bertz CT molecular complexity index is 3380. The molecule has 1 aromatic heterocycles. The van der Waals surface area contributed by atoms with Crippen molar-refractivity contribution in [1.29, 1.82) is 0 Å². The molecule has 0 spiro atoms. The molecular weight excluding hydrogens is 544 g/mol. The highest BCUT2D eigenvalue weighted by atomic mass is 16.3. The Hall–Kier alpha value is -5.92. The van der Waals surface area contributed by atoms with E-state index in [0.29, 0.717) is 33.1 Å². The summed E-state index contributed by atoms with van der Waals surface area (Å²) in [6.07, 6.45) is 0. The van der Waals surface area contributed by atoms with Gasteiger partial charge < -0.3 is 4.42 Å². The summed E-state index contributed by atoms with van der Waals surface area (Å²) in [6, 6.07) is 6.57. The molecule has 0 radical (unpaired) electrons. The van der Waals surface area contributed by atoms with Crippen molar-refractivity contribution in [2.24, 2.45) is 0 Å². The summed E-state index contributed by atoms with van der Waals surface area (Å²) in [4.78, 5) is 0. The van der Waals surface area contributed by atoms with Crippen LogP contribution in [0.3, 0.4) is 0 Å². The van der Waals surface area contributed by atoms with Gasteiger partial charge >= 0.3 is 0 Å². The number of fused-ring (bicyclic) bond motifs is 5. The highest BCUT2D eigenvalue weighted by molar-refractivity contribution is 6.25. The molecule has 9 aromatic rings. The summed E-state index contributed by atoms with van der Waals surface area (Å²) in [5, 5.41) is 0.0200. The minimum atomic E-state index is -0.881. The fourth-order valence-corrected chi connectivity index (χ4v) is 6.04. The van der Waals surface area contributed by atoms with Gasteiger partial charge in [-0.05, 0) is 84.7 Å². The molecular formula is C44H28O. The Kier molecular flexibility index (Phi) is 3.18. The van der Waals surface area contributed by atoms with Crippen molar-refractivity contribution >= 4 is 43.5 Å². The van der Waals surface area contributed by atoms with Gasteiger partial charge in [0, 0.05) is 16.3 Å². The summed E-state index contributed by atoms with van der Waals surface area (Å²) < 4.78 is 159. The first kappa shape index (κ1) is 13.8. The molecule has 0 atom stereocenters. The maximum absolute atomic E-state index is 9.64. The zero-order valence-corrected chi connectivity index (χ0v) is 23.3. The Balaban J connectivity index is 1.61. The van der Waals surface area contributed by atoms with E-state index >= 15 is 0 Å². The fourth-order valence-electron chi connectivity index (χ4n) is 6.04. The van der Waals surface area contributed by atoms with Crippen LogP contribution in [0, 0.1) is 0 Å². The molecule has 1 heterocycles. The summed E-state index contributed by atoms with van der Waals surface area (Å²) in [5.74, 6) is 0. The van der Waals surface area contributed by atoms with Crippen LogP contribution < -0.4 is 0 Å². The number of benzene rings is 8. The van der Waals surface area contributed by atoms with E-state index in [-0.39, 0.29) is 32.7 Å². The Morgan fingerprint density at radius 3 is 1.71 bits per heavy atom. The van der Waals surface area contributed by atoms with Crippen molar-refractivity contribution in [1.82, 2.24) is 0 Å². The van der Waals surface area contributed by atoms with E-state index in [2.05, 4.69) is 0 Å². The summed E-state index contributed by atoms with van der Waals surface area (Å²) in [7, 11) is 0. The second-order valence-corrected chi connectivity index (χ2v) is 10.3. The van der Waals surface area contributed by atoms with Crippen molar-refractivity contribution in [3.05, 3.63) is 169 Å². The van der Waals surface area contributed by atoms with Crippen LogP contribution in [0.4, 0.5) is 0 Å². The highest BCUT2D eigenvalue weighted by Gasteiger charge is 2.22. The summed E-state index contributed by atoms with van der Waals surface area (Å²) in [5.41, 5.74) is -0.00773. The Labute approximate surface area is 285 Å². The lowest BCUT2D eigenvalue weighted by atomic mass is 9.82. The van der Waals surface area contributed by atoms with Gasteiger partial charge in [0.2, 0.25) is 0 Å². The topological polar surface area (TPSA) is 13.1 Å². The van der Waals surface area contributed by atoms with E-state index in [1.165, 1.54) is 0 Å². The van der Waals surface area contributed by atoms with Gasteiger partial charge in [0.05, 0.1) is 23.3 Å². The molecule has 1 nitrogen and oxygen atoms in total. The predicted molar refractivity (Wildman–Crippen MR) is 190 cm³/mol. The standard InChI is InChI=1S/C44H28O/c1-3-14-29(15-4-1)31-18-13-19-32(28-31)41-33-20-7-9-22-35(33)43(36-23-10-8-21-34(36)41)38-26-27-40-44(37-24-11-12-25-39(37)45-40)42(38)30-16-5-2-6-17-30/h1-28H/i1D,3D,4D,7D,8D,9D,10D,13D,14D,15D,18D,19D,20D,21D,22D,23D,28D. The van der Waals surface area contributed by atoms with Crippen molar-refractivity contribution in [2.75, 3.05) is 0 Å². The summed E-state index contributed by atoms with van der Waals surface area (Å²) in [6.45, 7) is 0. The second-order valence-electron chi connectivity index (χ2n) is 10.3. The van der Waals surface area contributed by atoms with E-state index in [1.807, 2.05) is 24.3 Å². The monoisotopic (exact) mass is 589 g/mol. The molecule has 0 aliphatic heterocycles. The zero-order chi connectivity index (χ0) is 44.5. The van der Waals surface area contributed by atoms with Gasteiger partial charge in [-0.15, -0.1) is 0 Å². The molecule has 0 saturated heterocycles. The van der Waals surface area contributed by atoms with Gasteiger partial charge in [-0.25, -0.2) is 0 Å². The van der Waals surface area contributed by atoms with Crippen molar-refractivity contribution in [2.45, 2.75) is 0 Å². The smallest absolute Gasteiger partial charge is 0.136 e. The predicted octanol–water partition coefficient (Wildman–Crippen LogP) is 12.6. The number of hydrogen-bond acceptors (Lipinski definition) is 1. The SMILES string of the molecule is [2H]c1c([2H])c([2H])c(-c2c([2H])c([2H])c([2H])c(-c3c4c([2H])c([2H])c([2H])c([2H])c4c(-c4ccc5oc6ccccc6c5c4-c4ccccc4)c4c([2H])c([2H])c([2H])c([2H])c34)c2[2H])c([2H])c1[2H]. The highest BCUT2D eigenvalue weighted by Crippen LogP contribution is 2.49. The van der Waals surface area contributed by atoms with Crippen molar-refractivity contribution in [3.8, 4) is 44.5 Å². The number of furan rings is 1. The average Bonchev–Trinajstić information content (AvgIpc) is 3.66. The van der Waals surface area contributed by atoms with Crippen LogP contribution in [0.1, 0.15) is 23.3 Å². The van der Waals surface area contributed by atoms with Crippen LogP contribution >= 0.6 is 0 Å². The van der Waals surface area contributed by atoms with E-state index in [9.17, 15) is 8.22 Å². The molecule has 0 aliphatic rings. The molecule has 0 unspecified atom stereocenters. The molecule has 0 bridgehead atoms. The van der Waals surface area contributed by atoms with Gasteiger partial charge in [-0.2, -0.15) is 0 Å². The largest absolute Gasteiger partial charge is 0.456 e. The molecule has 0 aliphatic carbocycles. The summed E-state index contributed by atoms with van der Waals surface area (Å²) >= 11 is 0. The molecule has 45 heavy (non-hydrogen) atoms. The van der Waals surface area contributed by atoms with E-state index in [0.717, 1.165) is 0 Å². The third-order valence-electron chi connectivity index (χ3n) is 7.88. The first-order valence-corrected chi connectivity index (χ1v) is 14.1. The molecule has 0 fully saturated rings. The number of hydrogen-bond donors (Lipinski definition) is 0. The molecule has 1 heteroatoms. The average molecular weight is 590 g/mol. The van der Waals surface area contributed by atoms with Crippen LogP contribution in [-0.4, -0.2) is 0 Å². The Morgan fingerprint density at radius 2 is 0.978 bits per heavy atom. The maximum Gasteiger partial charge on any atom is 0.136 e. The number of para-hydroxylation sites is 1. The zero-order valence-electron chi connectivity index (χ0n) is 40.3. The van der Waals surface area contributed by atoms with E-state index in [1.54, 1.807) is 42.5 Å². The van der Waals surface area contributed by atoms with Gasteiger partial charge in [0.15, 0.2) is 0 Å². The Morgan fingerprint density at radius 1 is 0.378 bits per heavy atom. The normalized spacial score (nSPS) is 16.8. The van der Waals surface area contributed by atoms with Crippen LogP contribution in [0.5, 0.6) is 0 Å². The molecule has 0 amide bonds. The van der Waals surface area contributed by atoms with Gasteiger partial charge in [0.1, 0.15) is 11.2 Å². The molecule has 9 rings (SSSR count). The maximum atomic E-state index is 9.64. The third-order valence-corrected chi connectivity index (χ3v) is 7.88. The van der Waals surface area contributed by atoms with Crippen molar-refractivity contribution in [3.63, 3.8) is 0 Å². The fraction of sp³-hybridized carbons (Fsp3) is 0. The van der Waals surface area contributed by atoms with Crippen LogP contribution in [-0.2, 0) is 0 Å². The lowest BCUT2D eigenvalue weighted by Crippen LogP contribution is -1.93. The molecule has 0 saturated carbocycles. The quantitative estimate of drug-likeness (QED) is 0.186. The number of rotatable bonds is 4. The lowest BCUT2D eigenvalue weighted by Gasteiger charge is -2.20. The van der Waals surface area contributed by atoms with Crippen LogP contribution in [0.25, 0.3) is 88.0 Å². The second kappa shape index (κ2) is 10.4. The lowest BCUT2D eigenvalue weighted by molar-refractivity contribution is 0.669. The molecule has 0 N–H and O–H groups in total. The van der Waals surface area contributed by atoms with E-state index < -0.39 is 125 Å². The van der Waals surface area contributed by atoms with E-state index in [4.69, 9.17) is 19.5 Å². The van der Waals surface area contributed by atoms with Crippen LogP contribution in [0.2, 0.25) is 0 Å².